The van der Waals surface area contributed by atoms with Crippen LogP contribution in [0.1, 0.15) is 24.8 Å². The van der Waals surface area contributed by atoms with Gasteiger partial charge in [-0.15, -0.1) is 0 Å². The number of benzene rings is 1. The summed E-state index contributed by atoms with van der Waals surface area (Å²) in [4.78, 5) is 22.3. The lowest BCUT2D eigenvalue weighted by molar-refractivity contribution is -0.136. The number of carbonyl (C=O) groups is 2. The van der Waals surface area contributed by atoms with Gasteiger partial charge in [-0.05, 0) is 30.4 Å². The SMILES string of the molecule is O=C(O)Cc1ccccc1NC(=O)CC1CC1. The van der Waals surface area contributed by atoms with Crippen molar-refractivity contribution in [1.82, 2.24) is 0 Å². The molecule has 0 heterocycles. The second kappa shape index (κ2) is 4.99. The van der Waals surface area contributed by atoms with Crippen molar-refractivity contribution in [2.24, 2.45) is 5.92 Å². The molecule has 0 radical (unpaired) electrons. The van der Waals surface area contributed by atoms with E-state index in [1.54, 1.807) is 24.3 Å². The number of amides is 1. The molecule has 0 spiro atoms. The lowest BCUT2D eigenvalue weighted by Crippen LogP contribution is -2.14. The summed E-state index contributed by atoms with van der Waals surface area (Å²) in [7, 11) is 0. The van der Waals surface area contributed by atoms with E-state index in [2.05, 4.69) is 5.32 Å². The van der Waals surface area contributed by atoms with Crippen molar-refractivity contribution in [3.63, 3.8) is 0 Å². The van der Waals surface area contributed by atoms with Gasteiger partial charge < -0.3 is 10.4 Å². The molecule has 1 aromatic carbocycles. The van der Waals surface area contributed by atoms with Crippen molar-refractivity contribution >= 4 is 17.6 Å². The van der Waals surface area contributed by atoms with Gasteiger partial charge in [0, 0.05) is 12.1 Å². The van der Waals surface area contributed by atoms with Gasteiger partial charge in [0.1, 0.15) is 0 Å². The van der Waals surface area contributed by atoms with Gasteiger partial charge >= 0.3 is 5.97 Å². The molecule has 1 aliphatic carbocycles. The average Bonchev–Trinajstić information content (AvgIpc) is 3.04. The average molecular weight is 233 g/mol. The molecule has 1 saturated carbocycles. The van der Waals surface area contributed by atoms with Gasteiger partial charge in [0.25, 0.3) is 0 Å². The number of carboxylic acid groups (broad SMARTS) is 1. The molecule has 1 fully saturated rings. The van der Waals surface area contributed by atoms with Gasteiger partial charge in [0.15, 0.2) is 0 Å². The Morgan fingerprint density at radius 3 is 2.65 bits per heavy atom. The monoisotopic (exact) mass is 233 g/mol. The quantitative estimate of drug-likeness (QED) is 0.818. The summed E-state index contributed by atoms with van der Waals surface area (Å²) in [5.41, 5.74) is 1.25. The summed E-state index contributed by atoms with van der Waals surface area (Å²) in [6, 6.07) is 7.02. The number of nitrogens with one attached hydrogen (secondary N) is 1. The van der Waals surface area contributed by atoms with Crippen molar-refractivity contribution in [3.05, 3.63) is 29.8 Å². The molecule has 0 bridgehead atoms. The van der Waals surface area contributed by atoms with Gasteiger partial charge in [-0.2, -0.15) is 0 Å². The Hall–Kier alpha value is -1.84. The first kappa shape index (κ1) is 11.6. The molecule has 1 aromatic rings. The summed E-state index contributed by atoms with van der Waals surface area (Å²) >= 11 is 0. The van der Waals surface area contributed by atoms with Crippen LogP contribution in [-0.2, 0) is 16.0 Å². The molecule has 17 heavy (non-hydrogen) atoms. The number of para-hydroxylation sites is 1. The van der Waals surface area contributed by atoms with Crippen LogP contribution >= 0.6 is 0 Å². The highest BCUT2D eigenvalue weighted by Crippen LogP contribution is 2.32. The molecular weight excluding hydrogens is 218 g/mol. The van der Waals surface area contributed by atoms with E-state index >= 15 is 0 Å². The zero-order valence-corrected chi connectivity index (χ0v) is 9.48. The van der Waals surface area contributed by atoms with Crippen molar-refractivity contribution in [2.75, 3.05) is 5.32 Å². The molecule has 4 nitrogen and oxygen atoms in total. The lowest BCUT2D eigenvalue weighted by Gasteiger charge is -2.09. The first-order chi connectivity index (χ1) is 8.15. The highest BCUT2D eigenvalue weighted by Gasteiger charge is 2.24. The van der Waals surface area contributed by atoms with Crippen molar-refractivity contribution in [3.8, 4) is 0 Å². The zero-order chi connectivity index (χ0) is 12.3. The van der Waals surface area contributed by atoms with Crippen LogP contribution in [-0.4, -0.2) is 17.0 Å². The van der Waals surface area contributed by atoms with Crippen molar-refractivity contribution in [2.45, 2.75) is 25.7 Å². The van der Waals surface area contributed by atoms with Gasteiger partial charge in [-0.1, -0.05) is 18.2 Å². The van der Waals surface area contributed by atoms with Crippen LogP contribution in [0.5, 0.6) is 0 Å². The van der Waals surface area contributed by atoms with E-state index < -0.39 is 5.97 Å². The van der Waals surface area contributed by atoms with E-state index in [0.29, 0.717) is 23.6 Å². The Labute approximate surface area is 99.6 Å². The number of rotatable bonds is 5. The van der Waals surface area contributed by atoms with Gasteiger partial charge in [0.2, 0.25) is 5.91 Å². The smallest absolute Gasteiger partial charge is 0.307 e. The van der Waals surface area contributed by atoms with Crippen LogP contribution in [0.4, 0.5) is 5.69 Å². The zero-order valence-electron chi connectivity index (χ0n) is 9.48. The molecule has 0 saturated heterocycles. The Morgan fingerprint density at radius 1 is 1.29 bits per heavy atom. The maximum atomic E-state index is 11.6. The van der Waals surface area contributed by atoms with Crippen molar-refractivity contribution in [1.29, 1.82) is 0 Å². The van der Waals surface area contributed by atoms with E-state index in [0.717, 1.165) is 12.8 Å². The van der Waals surface area contributed by atoms with Crippen LogP contribution in [0, 0.1) is 5.92 Å². The Balaban J connectivity index is 2.02. The highest BCUT2D eigenvalue weighted by atomic mass is 16.4. The number of hydrogen-bond donors (Lipinski definition) is 2. The summed E-state index contributed by atoms with van der Waals surface area (Å²) in [6.07, 6.45) is 2.73. The molecule has 2 N–H and O–H groups in total. The summed E-state index contributed by atoms with van der Waals surface area (Å²) in [5.74, 6) is -0.388. The standard InChI is InChI=1S/C13H15NO3/c15-12(7-9-5-6-9)14-11-4-2-1-3-10(11)8-13(16)17/h1-4,9H,5-8H2,(H,14,15)(H,16,17). The van der Waals surface area contributed by atoms with E-state index in [4.69, 9.17) is 5.11 Å². The molecule has 0 aliphatic heterocycles. The molecule has 4 heteroatoms. The first-order valence-corrected chi connectivity index (χ1v) is 5.74. The van der Waals surface area contributed by atoms with Gasteiger partial charge in [0.05, 0.1) is 6.42 Å². The van der Waals surface area contributed by atoms with E-state index in [9.17, 15) is 9.59 Å². The van der Waals surface area contributed by atoms with Crippen LogP contribution in [0.3, 0.4) is 0 Å². The van der Waals surface area contributed by atoms with E-state index in [1.165, 1.54) is 0 Å². The Bertz CT molecular complexity index is 438. The third-order valence-corrected chi connectivity index (χ3v) is 2.80. The summed E-state index contributed by atoms with van der Waals surface area (Å²) in [5, 5.41) is 11.6. The van der Waals surface area contributed by atoms with Crippen molar-refractivity contribution < 1.29 is 14.7 Å². The predicted molar refractivity (Wildman–Crippen MR) is 63.8 cm³/mol. The number of hydrogen-bond acceptors (Lipinski definition) is 2. The minimum absolute atomic E-state index is 0.0228. The third-order valence-electron chi connectivity index (χ3n) is 2.80. The Morgan fingerprint density at radius 2 is 2.00 bits per heavy atom. The van der Waals surface area contributed by atoms with Crippen LogP contribution in [0.15, 0.2) is 24.3 Å². The normalized spacial score (nSPS) is 14.4. The molecule has 0 aromatic heterocycles. The molecule has 0 atom stereocenters. The van der Waals surface area contributed by atoms with Gasteiger partial charge in [-0.25, -0.2) is 0 Å². The second-order valence-electron chi connectivity index (χ2n) is 4.42. The molecule has 1 aliphatic rings. The summed E-state index contributed by atoms with van der Waals surface area (Å²) < 4.78 is 0. The number of carbonyl (C=O) groups excluding carboxylic acids is 1. The van der Waals surface area contributed by atoms with Gasteiger partial charge in [-0.3, -0.25) is 9.59 Å². The molecule has 1 amide bonds. The Kier molecular flexibility index (Phi) is 3.42. The largest absolute Gasteiger partial charge is 0.481 e. The fourth-order valence-electron chi connectivity index (χ4n) is 1.74. The second-order valence-corrected chi connectivity index (χ2v) is 4.42. The minimum Gasteiger partial charge on any atom is -0.481 e. The molecule has 90 valence electrons. The predicted octanol–water partition coefficient (Wildman–Crippen LogP) is 2.05. The molecule has 0 unspecified atom stereocenters. The number of aliphatic carboxylic acids is 1. The van der Waals surface area contributed by atoms with Crippen LogP contribution in [0.2, 0.25) is 0 Å². The first-order valence-electron chi connectivity index (χ1n) is 5.74. The number of carboxylic acids is 1. The fourth-order valence-corrected chi connectivity index (χ4v) is 1.74. The van der Waals surface area contributed by atoms with Crippen LogP contribution < -0.4 is 5.32 Å². The topological polar surface area (TPSA) is 66.4 Å². The third kappa shape index (κ3) is 3.59. The maximum Gasteiger partial charge on any atom is 0.307 e. The lowest BCUT2D eigenvalue weighted by atomic mass is 10.1. The van der Waals surface area contributed by atoms with E-state index in [1.807, 2.05) is 0 Å². The maximum absolute atomic E-state index is 11.6. The summed E-state index contributed by atoms with van der Waals surface area (Å²) in [6.45, 7) is 0. The van der Waals surface area contributed by atoms with Crippen LogP contribution in [0.25, 0.3) is 0 Å². The fraction of sp³-hybridized carbons (Fsp3) is 0.385. The number of anilines is 1. The highest BCUT2D eigenvalue weighted by molar-refractivity contribution is 5.92. The minimum atomic E-state index is -0.895. The van der Waals surface area contributed by atoms with E-state index in [-0.39, 0.29) is 12.3 Å². The molecular formula is C13H15NO3. The molecule has 2 rings (SSSR count).